The van der Waals surface area contributed by atoms with Crippen LogP contribution in [0.3, 0.4) is 0 Å². The second-order valence-electron chi connectivity index (χ2n) is 9.38. The maximum Gasteiger partial charge on any atom is 0.245 e. The quantitative estimate of drug-likeness (QED) is 0.407. The van der Waals surface area contributed by atoms with E-state index in [1.54, 1.807) is 14.2 Å². The molecular formula is C28H32N6O3. The van der Waals surface area contributed by atoms with Crippen LogP contribution in [0.2, 0.25) is 0 Å². The summed E-state index contributed by atoms with van der Waals surface area (Å²) >= 11 is 0. The largest absolute Gasteiger partial charge is 0.496 e. The maximum atomic E-state index is 5.76. The molecule has 1 N–H and O–H groups in total. The average molecular weight is 501 g/mol. The van der Waals surface area contributed by atoms with E-state index in [1.807, 2.05) is 53.2 Å². The van der Waals surface area contributed by atoms with Crippen LogP contribution in [0.15, 0.2) is 60.8 Å². The zero-order valence-corrected chi connectivity index (χ0v) is 21.3. The summed E-state index contributed by atoms with van der Waals surface area (Å²) in [6.45, 7) is 5.78. The number of para-hydroxylation sites is 1. The van der Waals surface area contributed by atoms with E-state index in [4.69, 9.17) is 19.3 Å². The third-order valence-corrected chi connectivity index (χ3v) is 7.30. The summed E-state index contributed by atoms with van der Waals surface area (Å²) in [6.07, 6.45) is 2.98. The number of methoxy groups -OCH3 is 2. The van der Waals surface area contributed by atoms with Crippen molar-refractivity contribution in [3.63, 3.8) is 0 Å². The SMILES string of the molecule is COc1cc(N2CCC(N3CCOCC3)C2)ccc1Nc1ncc2ccc(-c3ccccc3OC)n2n1. The Balaban J connectivity index is 1.23. The van der Waals surface area contributed by atoms with Crippen molar-refractivity contribution < 1.29 is 14.2 Å². The van der Waals surface area contributed by atoms with Crippen LogP contribution in [0.1, 0.15) is 6.42 Å². The van der Waals surface area contributed by atoms with Crippen molar-refractivity contribution in [1.82, 2.24) is 19.5 Å². The molecule has 2 saturated heterocycles. The van der Waals surface area contributed by atoms with E-state index in [-0.39, 0.29) is 0 Å². The Morgan fingerprint density at radius 1 is 0.946 bits per heavy atom. The molecule has 1 atom stereocenters. The van der Waals surface area contributed by atoms with Crippen molar-refractivity contribution in [2.24, 2.45) is 0 Å². The molecule has 0 spiro atoms. The zero-order valence-electron chi connectivity index (χ0n) is 21.3. The highest BCUT2D eigenvalue weighted by molar-refractivity contribution is 5.73. The normalized spacial score (nSPS) is 18.3. The highest BCUT2D eigenvalue weighted by Crippen LogP contribution is 2.34. The number of nitrogens with zero attached hydrogens (tertiary/aromatic N) is 5. The number of aromatic nitrogens is 3. The van der Waals surface area contributed by atoms with Crippen molar-refractivity contribution >= 4 is 22.8 Å². The molecule has 0 amide bonds. The molecule has 0 radical (unpaired) electrons. The van der Waals surface area contributed by atoms with Crippen LogP contribution >= 0.6 is 0 Å². The predicted octanol–water partition coefficient (Wildman–Crippen LogP) is 4.07. The van der Waals surface area contributed by atoms with Gasteiger partial charge in [-0.25, -0.2) is 9.50 Å². The van der Waals surface area contributed by atoms with Crippen LogP contribution in [-0.4, -0.2) is 79.2 Å². The van der Waals surface area contributed by atoms with Gasteiger partial charge in [0.25, 0.3) is 0 Å². The molecule has 2 fully saturated rings. The molecule has 4 aromatic rings. The van der Waals surface area contributed by atoms with Gasteiger partial charge in [0.05, 0.1) is 50.5 Å². The Bertz CT molecular complexity index is 1380. The number of benzene rings is 2. The fourth-order valence-corrected chi connectivity index (χ4v) is 5.34. The van der Waals surface area contributed by atoms with E-state index in [2.05, 4.69) is 32.2 Å². The number of hydrogen-bond donors (Lipinski definition) is 1. The van der Waals surface area contributed by atoms with E-state index in [9.17, 15) is 0 Å². The van der Waals surface area contributed by atoms with Crippen molar-refractivity contribution in [3.05, 3.63) is 60.8 Å². The Labute approximate surface area is 216 Å². The van der Waals surface area contributed by atoms with Crippen LogP contribution in [0.5, 0.6) is 11.5 Å². The van der Waals surface area contributed by atoms with E-state index in [0.29, 0.717) is 12.0 Å². The van der Waals surface area contributed by atoms with E-state index in [1.165, 1.54) is 12.1 Å². The lowest BCUT2D eigenvalue weighted by molar-refractivity contribution is 0.0209. The molecule has 9 nitrogen and oxygen atoms in total. The van der Waals surface area contributed by atoms with E-state index >= 15 is 0 Å². The summed E-state index contributed by atoms with van der Waals surface area (Å²) in [6, 6.07) is 18.8. The smallest absolute Gasteiger partial charge is 0.245 e. The third-order valence-electron chi connectivity index (χ3n) is 7.30. The summed E-state index contributed by atoms with van der Waals surface area (Å²) in [5.74, 6) is 2.04. The van der Waals surface area contributed by atoms with Gasteiger partial charge in [0.2, 0.25) is 5.95 Å². The highest BCUT2D eigenvalue weighted by Gasteiger charge is 2.29. The van der Waals surface area contributed by atoms with Crippen LogP contribution in [0.25, 0.3) is 16.8 Å². The third kappa shape index (κ3) is 4.68. The second kappa shape index (κ2) is 10.3. The van der Waals surface area contributed by atoms with Gasteiger partial charge in [-0.3, -0.25) is 4.90 Å². The lowest BCUT2D eigenvalue weighted by Gasteiger charge is -2.32. The van der Waals surface area contributed by atoms with Gasteiger partial charge < -0.3 is 24.4 Å². The number of nitrogens with one attached hydrogen (secondary N) is 1. The Hall–Kier alpha value is -3.82. The summed E-state index contributed by atoms with van der Waals surface area (Å²) < 4.78 is 18.7. The van der Waals surface area contributed by atoms with Crippen LogP contribution in [0, 0.1) is 0 Å². The Morgan fingerprint density at radius 2 is 1.78 bits per heavy atom. The summed E-state index contributed by atoms with van der Waals surface area (Å²) in [4.78, 5) is 9.53. The summed E-state index contributed by atoms with van der Waals surface area (Å²) in [5, 5.41) is 8.13. The fourth-order valence-electron chi connectivity index (χ4n) is 5.34. The predicted molar refractivity (Wildman–Crippen MR) is 144 cm³/mol. The monoisotopic (exact) mass is 500 g/mol. The molecule has 2 aliphatic rings. The second-order valence-corrected chi connectivity index (χ2v) is 9.38. The first-order valence-electron chi connectivity index (χ1n) is 12.7. The van der Waals surface area contributed by atoms with Gasteiger partial charge in [0, 0.05) is 49.5 Å². The molecule has 2 aromatic heterocycles. The van der Waals surface area contributed by atoms with Gasteiger partial charge in [0.15, 0.2) is 0 Å². The first-order chi connectivity index (χ1) is 18.2. The van der Waals surface area contributed by atoms with Gasteiger partial charge in [-0.1, -0.05) is 12.1 Å². The topological polar surface area (TPSA) is 76.4 Å². The van der Waals surface area contributed by atoms with Gasteiger partial charge in [-0.2, -0.15) is 0 Å². The minimum Gasteiger partial charge on any atom is -0.496 e. The number of morpholine rings is 1. The number of fused-ring (bicyclic) bond motifs is 1. The number of anilines is 3. The Morgan fingerprint density at radius 3 is 2.62 bits per heavy atom. The van der Waals surface area contributed by atoms with Crippen molar-refractivity contribution in [2.45, 2.75) is 12.5 Å². The van der Waals surface area contributed by atoms with Gasteiger partial charge in [-0.15, -0.1) is 5.10 Å². The molecular weight excluding hydrogens is 468 g/mol. The summed E-state index contributed by atoms with van der Waals surface area (Å²) in [7, 11) is 3.37. The molecule has 9 heteroatoms. The average Bonchev–Trinajstić information content (AvgIpc) is 3.61. The minimum atomic E-state index is 0.486. The fraction of sp³-hybridized carbons (Fsp3) is 0.357. The van der Waals surface area contributed by atoms with E-state index < -0.39 is 0 Å². The van der Waals surface area contributed by atoms with Gasteiger partial charge in [-0.05, 0) is 42.8 Å². The van der Waals surface area contributed by atoms with Crippen molar-refractivity contribution in [1.29, 1.82) is 0 Å². The van der Waals surface area contributed by atoms with Crippen molar-refractivity contribution in [3.8, 4) is 22.8 Å². The standard InChI is InChI=1S/C28H32N6O3/c1-35-26-6-4-3-5-23(26)25-10-8-21-18-29-28(31-34(21)25)30-24-9-7-20(17-27(24)36-2)33-12-11-22(19-33)32-13-15-37-16-14-32/h3-10,17-18,22H,11-16,19H2,1-2H3,(H,30,31). The highest BCUT2D eigenvalue weighted by atomic mass is 16.5. The molecule has 1 unspecified atom stereocenters. The van der Waals surface area contributed by atoms with Crippen LogP contribution in [-0.2, 0) is 4.74 Å². The maximum absolute atomic E-state index is 5.76. The molecule has 192 valence electrons. The van der Waals surface area contributed by atoms with Crippen molar-refractivity contribution in [2.75, 3.05) is 63.8 Å². The Kier molecular flexibility index (Phi) is 6.55. The van der Waals surface area contributed by atoms with Crippen LogP contribution < -0.4 is 19.7 Å². The first kappa shape index (κ1) is 23.6. The lowest BCUT2D eigenvalue weighted by atomic mass is 10.1. The van der Waals surface area contributed by atoms with E-state index in [0.717, 1.165) is 73.4 Å². The molecule has 4 heterocycles. The molecule has 0 bridgehead atoms. The molecule has 6 rings (SSSR count). The summed E-state index contributed by atoms with van der Waals surface area (Å²) in [5.41, 5.74) is 4.79. The minimum absolute atomic E-state index is 0.486. The zero-order chi connectivity index (χ0) is 25.2. The lowest BCUT2D eigenvalue weighted by Crippen LogP contribution is -2.44. The molecule has 2 aliphatic heterocycles. The molecule has 0 aliphatic carbocycles. The van der Waals surface area contributed by atoms with Crippen LogP contribution in [0.4, 0.5) is 17.3 Å². The molecule has 0 saturated carbocycles. The van der Waals surface area contributed by atoms with Gasteiger partial charge >= 0.3 is 0 Å². The first-order valence-corrected chi connectivity index (χ1v) is 12.7. The van der Waals surface area contributed by atoms with Gasteiger partial charge in [0.1, 0.15) is 11.5 Å². The number of hydrogen-bond acceptors (Lipinski definition) is 8. The number of rotatable bonds is 7. The molecule has 2 aromatic carbocycles. The molecule has 37 heavy (non-hydrogen) atoms. The number of ether oxygens (including phenoxy) is 3.